The Balaban J connectivity index is 1.93. The highest BCUT2D eigenvalue weighted by molar-refractivity contribution is 7.14. The highest BCUT2D eigenvalue weighted by Crippen LogP contribution is 2.26. The molecule has 0 bridgehead atoms. The second-order valence-corrected chi connectivity index (χ2v) is 4.80. The monoisotopic (exact) mass is 272 g/mol. The molecule has 1 heterocycles. The highest BCUT2D eigenvalue weighted by atomic mass is 32.1. The van der Waals surface area contributed by atoms with Crippen molar-refractivity contribution in [3.63, 3.8) is 0 Å². The van der Waals surface area contributed by atoms with Gasteiger partial charge in [-0.2, -0.15) is 5.26 Å². The third-order valence-electron chi connectivity index (χ3n) is 2.52. The van der Waals surface area contributed by atoms with Gasteiger partial charge in [-0.15, -0.1) is 11.3 Å². The fourth-order valence-electron chi connectivity index (χ4n) is 1.53. The van der Waals surface area contributed by atoms with Crippen LogP contribution >= 0.6 is 11.3 Å². The molecule has 0 aliphatic heterocycles. The number of aryl methyl sites for hydroxylation is 1. The van der Waals surface area contributed by atoms with Gasteiger partial charge in [-0.3, -0.25) is 5.32 Å². The van der Waals surface area contributed by atoms with Crippen LogP contribution in [-0.4, -0.2) is 6.09 Å². The normalized spacial score (nSPS) is 9.68. The molecule has 0 spiro atoms. The van der Waals surface area contributed by atoms with Gasteiger partial charge in [0.15, 0.2) is 0 Å². The molecule has 0 fully saturated rings. The van der Waals surface area contributed by atoms with Gasteiger partial charge in [0.05, 0.1) is 5.56 Å². The van der Waals surface area contributed by atoms with Crippen LogP contribution in [0, 0.1) is 18.3 Å². The molecule has 0 aliphatic rings. The highest BCUT2D eigenvalue weighted by Gasteiger charge is 2.11. The first-order chi connectivity index (χ1) is 9.20. The van der Waals surface area contributed by atoms with Crippen molar-refractivity contribution in [2.24, 2.45) is 0 Å². The summed E-state index contributed by atoms with van der Waals surface area (Å²) in [5.41, 5.74) is 2.26. The lowest BCUT2D eigenvalue weighted by Crippen LogP contribution is -2.13. The molecule has 0 atom stereocenters. The van der Waals surface area contributed by atoms with Gasteiger partial charge in [0.2, 0.25) is 0 Å². The zero-order valence-electron chi connectivity index (χ0n) is 10.3. The van der Waals surface area contributed by atoms with Gasteiger partial charge in [-0.25, -0.2) is 4.79 Å². The van der Waals surface area contributed by atoms with Crippen molar-refractivity contribution in [2.45, 2.75) is 13.5 Å². The maximum absolute atomic E-state index is 11.6. The Morgan fingerprint density at radius 2 is 2.16 bits per heavy atom. The van der Waals surface area contributed by atoms with E-state index in [0.29, 0.717) is 10.6 Å². The molecular formula is C14H12N2O2S. The molecule has 0 saturated carbocycles. The molecule has 19 heavy (non-hydrogen) atoms. The fourth-order valence-corrected chi connectivity index (χ4v) is 2.41. The standard InChI is InChI=1S/C14H12N2O2S/c1-10-9-19-13(12(10)7-15)16-14(17)18-8-11-5-3-2-4-6-11/h2-6,9H,8H2,1H3,(H,16,17). The van der Waals surface area contributed by atoms with Crippen LogP contribution in [0.4, 0.5) is 9.80 Å². The number of nitrogens with one attached hydrogen (secondary N) is 1. The zero-order chi connectivity index (χ0) is 13.7. The van der Waals surface area contributed by atoms with Crippen LogP contribution in [0.15, 0.2) is 35.7 Å². The lowest BCUT2D eigenvalue weighted by Gasteiger charge is -2.05. The SMILES string of the molecule is Cc1csc(NC(=O)OCc2ccccc2)c1C#N. The fraction of sp³-hybridized carbons (Fsp3) is 0.143. The molecule has 4 nitrogen and oxygen atoms in total. The molecule has 1 aromatic heterocycles. The summed E-state index contributed by atoms with van der Waals surface area (Å²) in [7, 11) is 0. The van der Waals surface area contributed by atoms with E-state index in [1.54, 1.807) is 0 Å². The Kier molecular flexibility index (Phi) is 4.16. The number of nitrogens with zero attached hydrogens (tertiary/aromatic N) is 1. The minimum absolute atomic E-state index is 0.207. The Bertz CT molecular complexity index is 614. The van der Waals surface area contributed by atoms with Crippen molar-refractivity contribution in [1.29, 1.82) is 5.26 Å². The average molecular weight is 272 g/mol. The summed E-state index contributed by atoms with van der Waals surface area (Å²) in [5, 5.41) is 13.9. The van der Waals surface area contributed by atoms with Crippen molar-refractivity contribution in [2.75, 3.05) is 5.32 Å². The topological polar surface area (TPSA) is 62.1 Å². The minimum Gasteiger partial charge on any atom is -0.444 e. The van der Waals surface area contributed by atoms with Gasteiger partial charge in [0, 0.05) is 0 Å². The van der Waals surface area contributed by atoms with E-state index in [9.17, 15) is 4.79 Å². The van der Waals surface area contributed by atoms with Crippen molar-refractivity contribution < 1.29 is 9.53 Å². The largest absolute Gasteiger partial charge is 0.444 e. The Morgan fingerprint density at radius 1 is 1.42 bits per heavy atom. The zero-order valence-corrected chi connectivity index (χ0v) is 11.2. The second kappa shape index (κ2) is 6.03. The van der Waals surface area contributed by atoms with E-state index in [2.05, 4.69) is 11.4 Å². The number of nitriles is 1. The number of benzene rings is 1. The molecule has 1 N–H and O–H groups in total. The van der Waals surface area contributed by atoms with Gasteiger partial charge in [0.25, 0.3) is 0 Å². The molecule has 1 aromatic carbocycles. The van der Waals surface area contributed by atoms with E-state index in [0.717, 1.165) is 11.1 Å². The Hall–Kier alpha value is -2.32. The quantitative estimate of drug-likeness (QED) is 0.927. The number of anilines is 1. The Labute approximate surface area is 115 Å². The number of hydrogen-bond acceptors (Lipinski definition) is 4. The number of hydrogen-bond donors (Lipinski definition) is 1. The molecule has 1 amide bonds. The van der Waals surface area contributed by atoms with Crippen molar-refractivity contribution in [3.05, 3.63) is 52.4 Å². The molecule has 0 saturated heterocycles. The van der Waals surface area contributed by atoms with Gasteiger partial charge in [-0.05, 0) is 23.4 Å². The summed E-state index contributed by atoms with van der Waals surface area (Å²) in [4.78, 5) is 11.6. The van der Waals surface area contributed by atoms with Crippen LogP contribution in [-0.2, 0) is 11.3 Å². The number of carbonyl (C=O) groups is 1. The van der Waals surface area contributed by atoms with E-state index in [-0.39, 0.29) is 6.61 Å². The lowest BCUT2D eigenvalue weighted by atomic mass is 10.2. The average Bonchev–Trinajstić information content (AvgIpc) is 2.78. The van der Waals surface area contributed by atoms with Crippen LogP contribution in [0.2, 0.25) is 0 Å². The number of ether oxygens (including phenoxy) is 1. The van der Waals surface area contributed by atoms with Crippen LogP contribution in [0.3, 0.4) is 0 Å². The molecule has 0 unspecified atom stereocenters. The number of rotatable bonds is 3. The number of thiophene rings is 1. The van der Waals surface area contributed by atoms with Crippen molar-refractivity contribution in [1.82, 2.24) is 0 Å². The summed E-state index contributed by atoms with van der Waals surface area (Å²) in [6, 6.07) is 11.5. The van der Waals surface area contributed by atoms with Gasteiger partial charge < -0.3 is 4.74 Å². The van der Waals surface area contributed by atoms with Crippen LogP contribution in [0.1, 0.15) is 16.7 Å². The number of carbonyl (C=O) groups excluding carboxylic acids is 1. The summed E-state index contributed by atoms with van der Waals surface area (Å²) in [6.07, 6.45) is -0.554. The van der Waals surface area contributed by atoms with Gasteiger partial charge in [-0.1, -0.05) is 30.3 Å². The van der Waals surface area contributed by atoms with E-state index in [1.807, 2.05) is 42.6 Å². The molecule has 2 aromatic rings. The molecule has 5 heteroatoms. The summed E-state index contributed by atoms with van der Waals surface area (Å²) >= 11 is 1.32. The third-order valence-corrected chi connectivity index (χ3v) is 3.53. The molecule has 0 radical (unpaired) electrons. The molecule has 96 valence electrons. The van der Waals surface area contributed by atoms with Gasteiger partial charge in [0.1, 0.15) is 17.7 Å². The third kappa shape index (κ3) is 3.33. The predicted molar refractivity (Wildman–Crippen MR) is 74.0 cm³/mol. The van der Waals surface area contributed by atoms with Crippen LogP contribution in [0.25, 0.3) is 0 Å². The molecule has 2 rings (SSSR count). The number of amides is 1. The maximum atomic E-state index is 11.6. The minimum atomic E-state index is -0.554. The maximum Gasteiger partial charge on any atom is 0.412 e. The second-order valence-electron chi connectivity index (χ2n) is 3.92. The Morgan fingerprint density at radius 3 is 2.84 bits per heavy atom. The van der Waals surface area contributed by atoms with E-state index >= 15 is 0 Å². The first kappa shape index (κ1) is 13.1. The summed E-state index contributed by atoms with van der Waals surface area (Å²) in [5.74, 6) is 0. The van der Waals surface area contributed by atoms with E-state index in [4.69, 9.17) is 10.00 Å². The smallest absolute Gasteiger partial charge is 0.412 e. The predicted octanol–water partition coefficient (Wildman–Crippen LogP) is 3.68. The van der Waals surface area contributed by atoms with E-state index < -0.39 is 6.09 Å². The van der Waals surface area contributed by atoms with E-state index in [1.165, 1.54) is 11.3 Å². The van der Waals surface area contributed by atoms with Crippen LogP contribution < -0.4 is 5.32 Å². The van der Waals surface area contributed by atoms with Gasteiger partial charge >= 0.3 is 6.09 Å². The first-order valence-electron chi connectivity index (χ1n) is 5.66. The summed E-state index contributed by atoms with van der Waals surface area (Å²) < 4.78 is 5.09. The van der Waals surface area contributed by atoms with Crippen LogP contribution in [0.5, 0.6) is 0 Å². The van der Waals surface area contributed by atoms with Crippen molar-refractivity contribution in [3.8, 4) is 6.07 Å². The summed E-state index contributed by atoms with van der Waals surface area (Å²) in [6.45, 7) is 2.04. The van der Waals surface area contributed by atoms with Crippen molar-refractivity contribution >= 4 is 22.4 Å². The molecular weight excluding hydrogens is 260 g/mol. The lowest BCUT2D eigenvalue weighted by molar-refractivity contribution is 0.155. The first-order valence-corrected chi connectivity index (χ1v) is 6.54. The molecule has 0 aliphatic carbocycles.